The Bertz CT molecular complexity index is 1480. The Kier molecular flexibility index (Phi) is 5.54. The van der Waals surface area contributed by atoms with Crippen molar-refractivity contribution in [3.63, 3.8) is 0 Å². The van der Waals surface area contributed by atoms with Crippen LogP contribution in [-0.4, -0.2) is 29.5 Å². The molecule has 1 atom stereocenters. The number of para-hydroxylation sites is 1. The van der Waals surface area contributed by atoms with Crippen molar-refractivity contribution < 1.29 is 14.3 Å². The van der Waals surface area contributed by atoms with Gasteiger partial charge < -0.3 is 20.7 Å². The van der Waals surface area contributed by atoms with E-state index in [1.54, 1.807) is 17.2 Å². The summed E-state index contributed by atoms with van der Waals surface area (Å²) in [6, 6.07) is 18.1. The molecule has 3 amide bonds. The molecule has 3 N–H and O–H groups in total. The Morgan fingerprint density at radius 1 is 1.11 bits per heavy atom. The van der Waals surface area contributed by atoms with Crippen LogP contribution in [0.15, 0.2) is 79.1 Å². The van der Waals surface area contributed by atoms with E-state index in [1.807, 2.05) is 54.6 Å². The minimum absolute atomic E-state index is 0.150. The molecule has 4 aromatic rings. The predicted octanol–water partition coefficient (Wildman–Crippen LogP) is 5.77. The minimum atomic E-state index is -0.345. The normalized spacial score (nSPS) is 16.9. The minimum Gasteiger partial charge on any atom is -0.457 e. The molecule has 1 unspecified atom stereocenters. The second-order valence-electron chi connectivity index (χ2n) is 8.61. The highest BCUT2D eigenvalue weighted by molar-refractivity contribution is 7.21. The van der Waals surface area contributed by atoms with Crippen LogP contribution in [0.3, 0.4) is 0 Å². The third-order valence-electron chi connectivity index (χ3n) is 6.27. The Morgan fingerprint density at radius 2 is 1.89 bits per heavy atom. The summed E-state index contributed by atoms with van der Waals surface area (Å²) < 4.78 is 5.88. The van der Waals surface area contributed by atoms with Gasteiger partial charge in [-0.1, -0.05) is 24.8 Å². The Balaban J connectivity index is 1.31. The molecule has 36 heavy (non-hydrogen) atoms. The third-order valence-corrected chi connectivity index (χ3v) is 7.37. The molecule has 0 saturated carbocycles. The van der Waals surface area contributed by atoms with Gasteiger partial charge >= 0.3 is 6.03 Å². The molecule has 8 nitrogen and oxygen atoms in total. The zero-order chi connectivity index (χ0) is 24.6. The van der Waals surface area contributed by atoms with Gasteiger partial charge in [0.2, 0.25) is 0 Å². The number of ether oxygens (including phenoxy) is 1. The number of pyridine rings is 1. The molecule has 0 spiro atoms. The first kappa shape index (κ1) is 22.1. The number of rotatable bonds is 5. The molecule has 0 aliphatic carbocycles. The van der Waals surface area contributed by atoms with E-state index in [0.717, 1.165) is 36.2 Å². The Morgan fingerprint density at radius 3 is 2.67 bits per heavy atom. The summed E-state index contributed by atoms with van der Waals surface area (Å²) in [6.07, 6.45) is 3.44. The van der Waals surface area contributed by atoms with Crippen LogP contribution in [0.1, 0.15) is 22.5 Å². The van der Waals surface area contributed by atoms with Gasteiger partial charge in [0.25, 0.3) is 5.91 Å². The number of anilines is 3. The fourth-order valence-corrected chi connectivity index (χ4v) is 5.55. The number of benzene rings is 2. The average Bonchev–Trinajstić information content (AvgIpc) is 3.26. The van der Waals surface area contributed by atoms with Gasteiger partial charge in [0.1, 0.15) is 21.2 Å². The van der Waals surface area contributed by atoms with Gasteiger partial charge in [0.05, 0.1) is 28.5 Å². The van der Waals surface area contributed by atoms with Crippen molar-refractivity contribution in [1.82, 2.24) is 15.6 Å². The summed E-state index contributed by atoms with van der Waals surface area (Å²) in [7, 11) is 0. The number of carbonyl (C=O) groups is 2. The van der Waals surface area contributed by atoms with E-state index in [9.17, 15) is 9.59 Å². The molecule has 0 radical (unpaired) electrons. The maximum absolute atomic E-state index is 13.3. The van der Waals surface area contributed by atoms with Gasteiger partial charge in [-0.2, -0.15) is 0 Å². The molecule has 180 valence electrons. The van der Waals surface area contributed by atoms with Gasteiger partial charge in [-0.25, -0.2) is 9.78 Å². The highest BCUT2D eigenvalue weighted by atomic mass is 32.1. The maximum atomic E-state index is 13.3. The number of hydrogen-bond donors (Lipinski definition) is 3. The second-order valence-corrected chi connectivity index (χ2v) is 9.61. The summed E-state index contributed by atoms with van der Waals surface area (Å²) in [4.78, 5) is 33.7. The number of piperidine rings is 1. The largest absolute Gasteiger partial charge is 0.457 e. The number of nitrogens with one attached hydrogen (secondary N) is 3. The van der Waals surface area contributed by atoms with Crippen molar-refractivity contribution in [2.75, 3.05) is 16.8 Å². The fourth-order valence-electron chi connectivity index (χ4n) is 4.52. The molecular formula is C27H23N5O3S. The molecule has 6 rings (SSSR count). The van der Waals surface area contributed by atoms with Crippen molar-refractivity contribution in [1.29, 1.82) is 0 Å². The average molecular weight is 498 g/mol. The van der Waals surface area contributed by atoms with Crippen molar-refractivity contribution in [2.45, 2.75) is 18.9 Å². The Labute approximate surface area is 211 Å². The SMILES string of the molecule is C=C1NCCCC1NC(=O)c1sc2nccc3c2c1NC(=O)N3c1ccc(Oc2ccccc2)cc1. The molecule has 9 heteroatoms. The van der Waals surface area contributed by atoms with Crippen molar-refractivity contribution in [2.24, 2.45) is 0 Å². The lowest BCUT2D eigenvalue weighted by molar-refractivity contribution is 0.0942. The smallest absolute Gasteiger partial charge is 0.331 e. The van der Waals surface area contributed by atoms with E-state index in [0.29, 0.717) is 32.5 Å². The number of carbonyl (C=O) groups excluding carboxylic acids is 2. The first-order valence-corrected chi connectivity index (χ1v) is 12.5. The number of hydrogen-bond acceptors (Lipinski definition) is 6. The molecule has 1 fully saturated rings. The topological polar surface area (TPSA) is 95.6 Å². The summed E-state index contributed by atoms with van der Waals surface area (Å²) >= 11 is 1.27. The van der Waals surface area contributed by atoms with Gasteiger partial charge in [0, 0.05) is 18.4 Å². The third kappa shape index (κ3) is 3.93. The predicted molar refractivity (Wildman–Crippen MR) is 141 cm³/mol. The lowest BCUT2D eigenvalue weighted by Gasteiger charge is -2.29. The van der Waals surface area contributed by atoms with Crippen molar-refractivity contribution in [3.8, 4) is 11.5 Å². The van der Waals surface area contributed by atoms with Crippen LogP contribution < -0.4 is 25.6 Å². The van der Waals surface area contributed by atoms with Gasteiger partial charge in [-0.15, -0.1) is 11.3 Å². The molecule has 0 bridgehead atoms. The summed E-state index contributed by atoms with van der Waals surface area (Å²) in [5.74, 6) is 1.15. The quantitative estimate of drug-likeness (QED) is 0.325. The zero-order valence-corrected chi connectivity index (χ0v) is 20.1. The first-order chi connectivity index (χ1) is 17.6. The molecule has 2 aliphatic heterocycles. The van der Waals surface area contributed by atoms with E-state index in [1.165, 1.54) is 11.3 Å². The number of urea groups is 1. The van der Waals surface area contributed by atoms with E-state index in [4.69, 9.17) is 4.74 Å². The fraction of sp³-hybridized carbons (Fsp3) is 0.148. The standard InChI is InChI=1S/C27H23N5O3S/c1-16-20(8-5-14-28-16)30-25(33)24-23-22-21(13-15-29-26(22)36-24)32(27(34)31-23)17-9-11-19(12-10-17)35-18-6-3-2-4-7-18/h2-4,6-7,9-13,15,20,28H,1,5,8,14H2,(H,30,33)(H,31,34). The summed E-state index contributed by atoms with van der Waals surface area (Å²) in [6.45, 7) is 4.88. The van der Waals surface area contributed by atoms with Crippen LogP contribution in [-0.2, 0) is 0 Å². The van der Waals surface area contributed by atoms with Crippen molar-refractivity contribution in [3.05, 3.63) is 84.0 Å². The monoisotopic (exact) mass is 497 g/mol. The van der Waals surface area contributed by atoms with Gasteiger partial charge in [-0.05, 0) is 55.3 Å². The van der Waals surface area contributed by atoms with Gasteiger partial charge in [-0.3, -0.25) is 9.69 Å². The number of thiophene rings is 1. The van der Waals surface area contributed by atoms with Crippen LogP contribution in [0.25, 0.3) is 10.2 Å². The molecule has 2 aliphatic rings. The maximum Gasteiger partial charge on any atom is 0.331 e. The molecular weight excluding hydrogens is 474 g/mol. The van der Waals surface area contributed by atoms with E-state index in [-0.39, 0.29) is 18.0 Å². The van der Waals surface area contributed by atoms with E-state index >= 15 is 0 Å². The van der Waals surface area contributed by atoms with E-state index in [2.05, 4.69) is 27.5 Å². The van der Waals surface area contributed by atoms with Crippen LogP contribution in [0, 0.1) is 0 Å². The van der Waals surface area contributed by atoms with Crippen LogP contribution >= 0.6 is 11.3 Å². The second kappa shape index (κ2) is 9.01. The van der Waals surface area contributed by atoms with Crippen LogP contribution in [0.5, 0.6) is 11.5 Å². The van der Waals surface area contributed by atoms with Crippen LogP contribution in [0.4, 0.5) is 21.9 Å². The van der Waals surface area contributed by atoms with Crippen molar-refractivity contribution >= 4 is 50.6 Å². The highest BCUT2D eigenvalue weighted by Gasteiger charge is 2.33. The van der Waals surface area contributed by atoms with Gasteiger partial charge in [0.15, 0.2) is 0 Å². The molecule has 4 heterocycles. The van der Waals surface area contributed by atoms with Crippen LogP contribution in [0.2, 0.25) is 0 Å². The number of nitrogens with zero attached hydrogens (tertiary/aromatic N) is 2. The summed E-state index contributed by atoms with van der Waals surface area (Å²) in [5.41, 5.74) is 2.65. The molecule has 2 aromatic heterocycles. The number of amides is 3. The zero-order valence-electron chi connectivity index (χ0n) is 19.3. The lowest BCUT2D eigenvalue weighted by Crippen LogP contribution is -2.43. The van der Waals surface area contributed by atoms with E-state index < -0.39 is 0 Å². The molecule has 2 aromatic carbocycles. The number of aromatic nitrogens is 1. The first-order valence-electron chi connectivity index (χ1n) is 11.7. The highest BCUT2D eigenvalue weighted by Crippen LogP contribution is 2.45. The lowest BCUT2D eigenvalue weighted by atomic mass is 10.0. The summed E-state index contributed by atoms with van der Waals surface area (Å²) in [5, 5.41) is 9.94. The molecule has 1 saturated heterocycles. The Hall–Kier alpha value is -4.37.